The van der Waals surface area contributed by atoms with Crippen LogP contribution in [0.1, 0.15) is 64.9 Å². The van der Waals surface area contributed by atoms with E-state index >= 15 is 0 Å². The van der Waals surface area contributed by atoms with Gasteiger partial charge in [-0.25, -0.2) is 0 Å². The Hall–Kier alpha value is -1.31. The quantitative estimate of drug-likeness (QED) is 0.605. The molecule has 0 radical (unpaired) electrons. The zero-order chi connectivity index (χ0) is 15.0. The zero-order valence-corrected chi connectivity index (χ0v) is 13.5. The fourth-order valence-electron chi connectivity index (χ4n) is 2.58. The molecule has 1 amide bonds. The van der Waals surface area contributed by atoms with Gasteiger partial charge in [0.2, 0.25) is 5.91 Å². The summed E-state index contributed by atoms with van der Waals surface area (Å²) in [6.07, 6.45) is 6.28. The third-order valence-corrected chi connectivity index (χ3v) is 3.68. The van der Waals surface area contributed by atoms with Crippen molar-refractivity contribution in [3.63, 3.8) is 0 Å². The number of hydrogen-bond donors (Lipinski definition) is 0. The third-order valence-electron chi connectivity index (χ3n) is 3.68. The normalized spacial score (nSPS) is 12.2. The molecule has 0 fully saturated rings. The number of nitrogens with zero attached hydrogens (tertiary/aromatic N) is 1. The Labute approximate surface area is 124 Å². The van der Waals surface area contributed by atoms with E-state index in [9.17, 15) is 4.79 Å². The van der Waals surface area contributed by atoms with Crippen LogP contribution in [0.5, 0.6) is 0 Å². The van der Waals surface area contributed by atoms with Gasteiger partial charge in [0.05, 0.1) is 0 Å². The molecule has 0 aliphatic carbocycles. The van der Waals surface area contributed by atoms with E-state index in [2.05, 4.69) is 45.9 Å². The second-order valence-electron chi connectivity index (χ2n) is 5.70. The van der Waals surface area contributed by atoms with Gasteiger partial charge in [-0.3, -0.25) is 4.79 Å². The van der Waals surface area contributed by atoms with Crippen LogP contribution in [0.4, 0.5) is 5.69 Å². The summed E-state index contributed by atoms with van der Waals surface area (Å²) in [4.78, 5) is 14.5. The highest BCUT2D eigenvalue weighted by molar-refractivity contribution is 5.93. The lowest BCUT2D eigenvalue weighted by Gasteiger charge is -2.30. The topological polar surface area (TPSA) is 20.3 Å². The van der Waals surface area contributed by atoms with Crippen molar-refractivity contribution >= 4 is 11.6 Å². The minimum atomic E-state index is 0.252. The van der Waals surface area contributed by atoms with Crippen LogP contribution >= 0.6 is 0 Å². The van der Waals surface area contributed by atoms with Crippen molar-refractivity contribution in [2.45, 2.75) is 72.3 Å². The smallest absolute Gasteiger partial charge is 0.227 e. The molecule has 0 bridgehead atoms. The summed E-state index contributed by atoms with van der Waals surface area (Å²) in [5.74, 6) is 0.252. The molecule has 0 spiro atoms. The molecule has 0 heterocycles. The molecule has 0 aliphatic heterocycles. The molecule has 1 aromatic carbocycles. The second kappa shape index (κ2) is 8.78. The van der Waals surface area contributed by atoms with E-state index in [4.69, 9.17) is 0 Å². The lowest BCUT2D eigenvalue weighted by atomic mass is 10.1. The van der Waals surface area contributed by atoms with E-state index in [1.165, 1.54) is 24.8 Å². The van der Waals surface area contributed by atoms with Crippen LogP contribution in [-0.2, 0) is 4.79 Å². The number of unbranched alkanes of at least 4 members (excludes halogenated alkanes) is 2. The summed E-state index contributed by atoms with van der Waals surface area (Å²) in [7, 11) is 0. The molecule has 0 N–H and O–H groups in total. The highest BCUT2D eigenvalue weighted by Crippen LogP contribution is 2.22. The van der Waals surface area contributed by atoms with Crippen molar-refractivity contribution in [1.82, 2.24) is 0 Å². The lowest BCUT2D eigenvalue weighted by Crippen LogP contribution is -2.38. The molecule has 1 rings (SSSR count). The van der Waals surface area contributed by atoms with Crippen molar-refractivity contribution in [2.24, 2.45) is 0 Å². The highest BCUT2D eigenvalue weighted by Gasteiger charge is 2.20. The van der Waals surface area contributed by atoms with Gasteiger partial charge >= 0.3 is 0 Å². The van der Waals surface area contributed by atoms with Crippen molar-refractivity contribution in [1.29, 1.82) is 0 Å². The molecule has 0 saturated carbocycles. The number of hydrogen-bond acceptors (Lipinski definition) is 1. The van der Waals surface area contributed by atoms with E-state index in [0.29, 0.717) is 6.42 Å². The van der Waals surface area contributed by atoms with Gasteiger partial charge in [-0.1, -0.05) is 45.2 Å². The molecular weight excluding hydrogens is 246 g/mol. The van der Waals surface area contributed by atoms with Crippen molar-refractivity contribution in [2.75, 3.05) is 4.90 Å². The van der Waals surface area contributed by atoms with Gasteiger partial charge in [0.1, 0.15) is 0 Å². The predicted molar refractivity (Wildman–Crippen MR) is 87.2 cm³/mol. The van der Waals surface area contributed by atoms with Crippen LogP contribution in [0.25, 0.3) is 0 Å². The van der Waals surface area contributed by atoms with Gasteiger partial charge in [-0.2, -0.15) is 0 Å². The summed E-state index contributed by atoms with van der Waals surface area (Å²) < 4.78 is 0. The minimum Gasteiger partial charge on any atom is -0.310 e. The fraction of sp³-hybridized carbons (Fsp3) is 0.611. The first kappa shape index (κ1) is 16.7. The Morgan fingerprint density at radius 2 is 1.95 bits per heavy atom. The first-order valence-corrected chi connectivity index (χ1v) is 7.98. The van der Waals surface area contributed by atoms with E-state index < -0.39 is 0 Å². The monoisotopic (exact) mass is 275 g/mol. The SMILES string of the molecule is CCCCCC(C)N(C(=O)CCC)c1cccc(C)c1. The second-order valence-corrected chi connectivity index (χ2v) is 5.70. The fourth-order valence-corrected chi connectivity index (χ4v) is 2.58. The van der Waals surface area contributed by atoms with Gasteiger partial charge < -0.3 is 4.90 Å². The summed E-state index contributed by atoms with van der Waals surface area (Å²) in [5.41, 5.74) is 2.25. The molecule has 1 atom stereocenters. The molecule has 20 heavy (non-hydrogen) atoms. The molecule has 0 saturated heterocycles. The molecule has 2 nitrogen and oxygen atoms in total. The van der Waals surface area contributed by atoms with E-state index in [1.54, 1.807) is 0 Å². The molecular formula is C18H29NO. The van der Waals surface area contributed by atoms with Crippen LogP contribution in [0, 0.1) is 6.92 Å². The number of carbonyl (C=O) groups excluding carboxylic acids is 1. The Bertz CT molecular complexity index is 414. The average molecular weight is 275 g/mol. The maximum absolute atomic E-state index is 12.5. The highest BCUT2D eigenvalue weighted by atomic mass is 16.2. The number of carbonyl (C=O) groups is 1. The van der Waals surface area contributed by atoms with Crippen molar-refractivity contribution in [3.8, 4) is 0 Å². The predicted octanol–water partition coefficient (Wildman–Crippen LogP) is 5.10. The Morgan fingerprint density at radius 3 is 2.55 bits per heavy atom. The lowest BCUT2D eigenvalue weighted by molar-refractivity contribution is -0.119. The molecule has 1 unspecified atom stereocenters. The minimum absolute atomic E-state index is 0.252. The third kappa shape index (κ3) is 4.99. The first-order valence-electron chi connectivity index (χ1n) is 7.98. The van der Waals surface area contributed by atoms with E-state index in [0.717, 1.165) is 18.5 Å². The maximum atomic E-state index is 12.5. The Balaban J connectivity index is 2.87. The molecule has 2 heteroatoms. The van der Waals surface area contributed by atoms with Gasteiger partial charge in [-0.15, -0.1) is 0 Å². The summed E-state index contributed by atoms with van der Waals surface area (Å²) >= 11 is 0. The number of aryl methyl sites for hydroxylation is 1. The number of benzene rings is 1. The van der Waals surface area contributed by atoms with Crippen LogP contribution in [0.3, 0.4) is 0 Å². The van der Waals surface area contributed by atoms with Crippen molar-refractivity contribution in [3.05, 3.63) is 29.8 Å². The number of amides is 1. The maximum Gasteiger partial charge on any atom is 0.227 e. The largest absolute Gasteiger partial charge is 0.310 e. The van der Waals surface area contributed by atoms with Crippen LogP contribution < -0.4 is 4.90 Å². The summed E-state index contributed by atoms with van der Waals surface area (Å²) in [6, 6.07) is 8.56. The number of rotatable bonds is 8. The zero-order valence-electron chi connectivity index (χ0n) is 13.5. The van der Waals surface area contributed by atoms with Gasteiger partial charge in [0.15, 0.2) is 0 Å². The Morgan fingerprint density at radius 1 is 1.20 bits per heavy atom. The van der Waals surface area contributed by atoms with Crippen LogP contribution in [0.15, 0.2) is 24.3 Å². The Kier molecular flexibility index (Phi) is 7.35. The molecule has 0 aromatic heterocycles. The van der Waals surface area contributed by atoms with Gasteiger partial charge in [0, 0.05) is 18.2 Å². The van der Waals surface area contributed by atoms with Gasteiger partial charge in [0.25, 0.3) is 0 Å². The van der Waals surface area contributed by atoms with Gasteiger partial charge in [-0.05, 0) is 44.4 Å². The number of anilines is 1. The average Bonchev–Trinajstić information content (AvgIpc) is 2.39. The molecule has 0 aliphatic rings. The van der Waals surface area contributed by atoms with Crippen LogP contribution in [0.2, 0.25) is 0 Å². The van der Waals surface area contributed by atoms with Crippen LogP contribution in [-0.4, -0.2) is 11.9 Å². The molecule has 112 valence electrons. The summed E-state index contributed by atoms with van der Waals surface area (Å²) in [6.45, 7) is 8.53. The van der Waals surface area contributed by atoms with Crippen molar-refractivity contribution < 1.29 is 4.79 Å². The standard InChI is InChI=1S/C18H29NO/c1-5-7-8-12-16(4)19(18(20)10-6-2)17-13-9-11-15(3)14-17/h9,11,13-14,16H,5-8,10,12H2,1-4H3. The van der Waals surface area contributed by atoms with E-state index in [-0.39, 0.29) is 11.9 Å². The first-order chi connectivity index (χ1) is 9.60. The van der Waals surface area contributed by atoms with E-state index in [1.807, 2.05) is 11.0 Å². The molecule has 1 aromatic rings. The summed E-state index contributed by atoms with van der Waals surface area (Å²) in [5, 5.41) is 0.